The molecule has 0 aliphatic heterocycles. The summed E-state index contributed by atoms with van der Waals surface area (Å²) in [5.41, 5.74) is 7.03. The van der Waals surface area contributed by atoms with Crippen molar-refractivity contribution >= 4 is 0 Å². The van der Waals surface area contributed by atoms with Crippen LogP contribution in [0.15, 0.2) is 18.2 Å². The highest BCUT2D eigenvalue weighted by Gasteiger charge is 2.01. The first kappa shape index (κ1) is 13.1. The highest BCUT2D eigenvalue weighted by atomic mass is 19.1. The topological polar surface area (TPSA) is 58.3 Å². The third-order valence-corrected chi connectivity index (χ3v) is 2.46. The molecule has 0 aliphatic carbocycles. The zero-order valence-electron chi connectivity index (χ0n) is 9.54. The molecule has 1 atom stereocenters. The van der Waals surface area contributed by atoms with E-state index in [2.05, 4.69) is 5.32 Å². The molecule has 1 aromatic rings. The fraction of sp³-hybridized carbons (Fsp3) is 0.500. The summed E-state index contributed by atoms with van der Waals surface area (Å²) in [7, 11) is 0. The summed E-state index contributed by atoms with van der Waals surface area (Å²) in [6.07, 6.45) is 0.327. The summed E-state index contributed by atoms with van der Waals surface area (Å²) in [4.78, 5) is 0. The van der Waals surface area contributed by atoms with E-state index >= 15 is 0 Å². The number of aliphatic hydroxyl groups excluding tert-OH is 1. The molecule has 0 amide bonds. The van der Waals surface area contributed by atoms with Crippen molar-refractivity contribution in [1.82, 2.24) is 5.32 Å². The quantitative estimate of drug-likeness (QED) is 0.622. The number of aliphatic hydroxyl groups is 1. The number of aryl methyl sites for hydroxylation is 1. The van der Waals surface area contributed by atoms with Crippen molar-refractivity contribution in [2.45, 2.75) is 19.4 Å². The van der Waals surface area contributed by atoms with E-state index in [1.54, 1.807) is 13.0 Å². The van der Waals surface area contributed by atoms with Crippen LogP contribution in [0, 0.1) is 12.7 Å². The highest BCUT2D eigenvalue weighted by molar-refractivity contribution is 5.24. The summed E-state index contributed by atoms with van der Waals surface area (Å²) >= 11 is 0. The summed E-state index contributed by atoms with van der Waals surface area (Å²) in [5.74, 6) is -0.171. The molecule has 1 unspecified atom stereocenters. The zero-order valence-corrected chi connectivity index (χ0v) is 9.54. The summed E-state index contributed by atoms with van der Waals surface area (Å²) in [6, 6.07) is 5.11. The number of hydrogen-bond donors (Lipinski definition) is 3. The molecule has 0 bridgehead atoms. The van der Waals surface area contributed by atoms with E-state index in [1.165, 1.54) is 6.07 Å². The minimum Gasteiger partial charge on any atom is -0.390 e. The van der Waals surface area contributed by atoms with Crippen LogP contribution in [-0.4, -0.2) is 30.8 Å². The molecule has 0 saturated carbocycles. The molecule has 16 heavy (non-hydrogen) atoms. The van der Waals surface area contributed by atoms with Crippen molar-refractivity contribution in [1.29, 1.82) is 0 Å². The molecule has 0 radical (unpaired) electrons. The molecule has 0 heterocycles. The standard InChI is InChI=1S/C12H19FN2O/c1-9-6-10(2-3-12(9)13)4-5-15-8-11(16)7-14/h2-3,6,11,15-16H,4-5,7-8,14H2,1H3. The van der Waals surface area contributed by atoms with Gasteiger partial charge in [-0.15, -0.1) is 0 Å². The Hall–Kier alpha value is -0.970. The average Bonchev–Trinajstić information content (AvgIpc) is 2.28. The first-order valence-corrected chi connectivity index (χ1v) is 5.47. The minimum absolute atomic E-state index is 0.171. The lowest BCUT2D eigenvalue weighted by Crippen LogP contribution is -2.33. The molecule has 4 N–H and O–H groups in total. The summed E-state index contributed by atoms with van der Waals surface area (Å²) in [6.45, 7) is 3.27. The fourth-order valence-corrected chi connectivity index (χ4v) is 1.45. The van der Waals surface area contributed by atoms with Crippen LogP contribution in [0.25, 0.3) is 0 Å². The van der Waals surface area contributed by atoms with Gasteiger partial charge >= 0.3 is 0 Å². The largest absolute Gasteiger partial charge is 0.390 e. The van der Waals surface area contributed by atoms with E-state index in [1.807, 2.05) is 6.07 Å². The maximum absolute atomic E-state index is 13.0. The van der Waals surface area contributed by atoms with Gasteiger partial charge in [-0.25, -0.2) is 4.39 Å². The Morgan fingerprint density at radius 1 is 1.50 bits per heavy atom. The van der Waals surface area contributed by atoms with Gasteiger partial charge in [0.1, 0.15) is 5.82 Å². The molecule has 90 valence electrons. The van der Waals surface area contributed by atoms with Crippen LogP contribution < -0.4 is 11.1 Å². The molecule has 4 heteroatoms. The van der Waals surface area contributed by atoms with Crippen LogP contribution >= 0.6 is 0 Å². The van der Waals surface area contributed by atoms with Gasteiger partial charge < -0.3 is 16.2 Å². The van der Waals surface area contributed by atoms with Gasteiger partial charge in [-0.1, -0.05) is 12.1 Å². The summed E-state index contributed by atoms with van der Waals surface area (Å²) < 4.78 is 13.0. The van der Waals surface area contributed by atoms with Gasteiger partial charge in [0.05, 0.1) is 6.10 Å². The lowest BCUT2D eigenvalue weighted by Gasteiger charge is -2.09. The fourth-order valence-electron chi connectivity index (χ4n) is 1.45. The molecule has 0 spiro atoms. The Bertz CT molecular complexity index is 331. The maximum Gasteiger partial charge on any atom is 0.126 e. The Morgan fingerprint density at radius 3 is 2.88 bits per heavy atom. The second-order valence-corrected chi connectivity index (χ2v) is 3.93. The van der Waals surface area contributed by atoms with Crippen molar-refractivity contribution in [3.63, 3.8) is 0 Å². The van der Waals surface area contributed by atoms with Gasteiger partial charge in [0.15, 0.2) is 0 Å². The SMILES string of the molecule is Cc1cc(CCNCC(O)CN)ccc1F. The first-order chi connectivity index (χ1) is 7.63. The van der Waals surface area contributed by atoms with Crippen LogP contribution in [0.3, 0.4) is 0 Å². The third-order valence-electron chi connectivity index (χ3n) is 2.46. The second kappa shape index (κ2) is 6.58. The molecule has 0 fully saturated rings. The Morgan fingerprint density at radius 2 is 2.25 bits per heavy atom. The van der Waals surface area contributed by atoms with Gasteiger partial charge in [0.2, 0.25) is 0 Å². The number of halogens is 1. The van der Waals surface area contributed by atoms with E-state index in [0.29, 0.717) is 12.1 Å². The second-order valence-electron chi connectivity index (χ2n) is 3.93. The Kier molecular flexibility index (Phi) is 5.38. The molecule has 0 saturated heterocycles. The van der Waals surface area contributed by atoms with Crippen LogP contribution in [0.1, 0.15) is 11.1 Å². The van der Waals surface area contributed by atoms with Gasteiger partial charge in [-0.3, -0.25) is 0 Å². The monoisotopic (exact) mass is 226 g/mol. The number of nitrogens with two attached hydrogens (primary N) is 1. The smallest absolute Gasteiger partial charge is 0.126 e. The lowest BCUT2D eigenvalue weighted by molar-refractivity contribution is 0.180. The predicted molar refractivity (Wildman–Crippen MR) is 62.8 cm³/mol. The van der Waals surface area contributed by atoms with Crippen molar-refractivity contribution < 1.29 is 9.50 Å². The molecule has 0 aliphatic rings. The normalized spacial score (nSPS) is 12.8. The van der Waals surface area contributed by atoms with Gasteiger partial charge in [-0.05, 0) is 37.1 Å². The Labute approximate surface area is 95.5 Å². The molecular weight excluding hydrogens is 207 g/mol. The van der Waals surface area contributed by atoms with Gasteiger partial charge in [0, 0.05) is 13.1 Å². The van der Waals surface area contributed by atoms with E-state index in [-0.39, 0.29) is 12.4 Å². The lowest BCUT2D eigenvalue weighted by atomic mass is 10.1. The molecular formula is C12H19FN2O. The van der Waals surface area contributed by atoms with E-state index in [0.717, 1.165) is 18.5 Å². The summed E-state index contributed by atoms with van der Waals surface area (Å²) in [5, 5.41) is 12.3. The third kappa shape index (κ3) is 4.26. The van der Waals surface area contributed by atoms with Crippen molar-refractivity contribution in [3.05, 3.63) is 35.1 Å². The van der Waals surface area contributed by atoms with Crippen LogP contribution in [-0.2, 0) is 6.42 Å². The van der Waals surface area contributed by atoms with Crippen LogP contribution in [0.2, 0.25) is 0 Å². The van der Waals surface area contributed by atoms with E-state index in [4.69, 9.17) is 5.73 Å². The predicted octanol–water partition coefficient (Wildman–Crippen LogP) is 0.586. The van der Waals surface area contributed by atoms with E-state index in [9.17, 15) is 9.50 Å². The number of benzene rings is 1. The maximum atomic E-state index is 13.0. The van der Waals surface area contributed by atoms with Gasteiger partial charge in [0.25, 0.3) is 0 Å². The highest BCUT2D eigenvalue weighted by Crippen LogP contribution is 2.09. The molecule has 3 nitrogen and oxygen atoms in total. The van der Waals surface area contributed by atoms with E-state index < -0.39 is 6.10 Å². The molecule has 1 rings (SSSR count). The number of rotatable bonds is 6. The number of nitrogens with one attached hydrogen (secondary N) is 1. The van der Waals surface area contributed by atoms with Crippen molar-refractivity contribution in [2.75, 3.05) is 19.6 Å². The molecule has 0 aromatic heterocycles. The molecule has 1 aromatic carbocycles. The van der Waals surface area contributed by atoms with Crippen LogP contribution in [0.5, 0.6) is 0 Å². The minimum atomic E-state index is -0.491. The average molecular weight is 226 g/mol. The Balaban J connectivity index is 2.29. The number of hydrogen-bond acceptors (Lipinski definition) is 3. The zero-order chi connectivity index (χ0) is 12.0. The first-order valence-electron chi connectivity index (χ1n) is 5.47. The van der Waals surface area contributed by atoms with Gasteiger partial charge in [-0.2, -0.15) is 0 Å². The van der Waals surface area contributed by atoms with Crippen molar-refractivity contribution in [3.8, 4) is 0 Å². The van der Waals surface area contributed by atoms with Crippen molar-refractivity contribution in [2.24, 2.45) is 5.73 Å². The van der Waals surface area contributed by atoms with Crippen LogP contribution in [0.4, 0.5) is 4.39 Å².